The van der Waals surface area contributed by atoms with Crippen LogP contribution in [0.15, 0.2) is 12.3 Å². The fraction of sp³-hybridized carbons (Fsp3) is 0.462. The summed E-state index contributed by atoms with van der Waals surface area (Å²) in [6.07, 6.45) is 2.15. The zero-order chi connectivity index (χ0) is 14.2. The fourth-order valence-corrected chi connectivity index (χ4v) is 1.99. The van der Waals surface area contributed by atoms with E-state index in [1.165, 1.54) is 6.20 Å². The van der Waals surface area contributed by atoms with Crippen LogP contribution >= 0.6 is 0 Å². The third kappa shape index (κ3) is 2.52. The van der Waals surface area contributed by atoms with Crippen LogP contribution in [-0.4, -0.2) is 39.8 Å². The molecule has 0 aliphatic rings. The van der Waals surface area contributed by atoms with Crippen LogP contribution in [-0.2, 0) is 6.42 Å². The Morgan fingerprint density at radius 2 is 2.16 bits per heavy atom. The third-order valence-electron chi connectivity index (χ3n) is 2.81. The second-order valence-corrected chi connectivity index (χ2v) is 5.20. The van der Waals surface area contributed by atoms with Crippen LogP contribution in [0.25, 0.3) is 5.65 Å². The summed E-state index contributed by atoms with van der Waals surface area (Å²) in [5.74, 6) is 0.281. The topological polar surface area (TPSA) is 70.7 Å². The quantitative estimate of drug-likeness (QED) is 0.908. The summed E-state index contributed by atoms with van der Waals surface area (Å²) >= 11 is 0. The molecule has 2 rings (SSSR count). The minimum atomic E-state index is -1.01. The Balaban J connectivity index is 2.67. The normalized spacial score (nSPS) is 11.2. The van der Waals surface area contributed by atoms with Gasteiger partial charge in [-0.25, -0.2) is 9.78 Å². The van der Waals surface area contributed by atoms with E-state index in [1.807, 2.05) is 25.1 Å². The van der Waals surface area contributed by atoms with Crippen LogP contribution in [0.5, 0.6) is 0 Å². The van der Waals surface area contributed by atoms with Crippen molar-refractivity contribution in [1.82, 2.24) is 14.6 Å². The SMILES string of the molecule is CC(C)Cc1cc(N(C)C)n2ncc(C(=O)O)c2n1. The van der Waals surface area contributed by atoms with Crippen LogP contribution in [0, 0.1) is 5.92 Å². The number of aromatic carboxylic acids is 1. The first-order chi connectivity index (χ1) is 8.90. The maximum absolute atomic E-state index is 11.2. The summed E-state index contributed by atoms with van der Waals surface area (Å²) in [5.41, 5.74) is 1.41. The van der Waals surface area contributed by atoms with Crippen LogP contribution in [0.2, 0.25) is 0 Å². The number of carboxylic acids is 1. The molecule has 0 aliphatic heterocycles. The lowest BCUT2D eigenvalue weighted by Gasteiger charge is -2.16. The van der Waals surface area contributed by atoms with Crippen LogP contribution in [0.1, 0.15) is 29.9 Å². The zero-order valence-electron chi connectivity index (χ0n) is 11.6. The first-order valence-corrected chi connectivity index (χ1v) is 6.18. The van der Waals surface area contributed by atoms with Gasteiger partial charge in [-0.1, -0.05) is 13.8 Å². The highest BCUT2D eigenvalue weighted by Crippen LogP contribution is 2.19. The van der Waals surface area contributed by atoms with Crippen molar-refractivity contribution >= 4 is 17.4 Å². The second-order valence-electron chi connectivity index (χ2n) is 5.20. The molecule has 0 saturated heterocycles. The minimum absolute atomic E-state index is 0.133. The molecule has 0 amide bonds. The molecule has 2 aromatic rings. The molecular weight excluding hydrogens is 244 g/mol. The predicted octanol–water partition coefficient (Wildman–Crippen LogP) is 1.69. The Hall–Kier alpha value is -2.11. The van der Waals surface area contributed by atoms with Crippen molar-refractivity contribution in [1.29, 1.82) is 0 Å². The van der Waals surface area contributed by atoms with E-state index < -0.39 is 5.97 Å². The molecule has 0 aromatic carbocycles. The summed E-state index contributed by atoms with van der Waals surface area (Å²) in [7, 11) is 3.80. The van der Waals surface area contributed by atoms with Crippen molar-refractivity contribution in [2.75, 3.05) is 19.0 Å². The maximum atomic E-state index is 11.2. The fourth-order valence-electron chi connectivity index (χ4n) is 1.99. The number of rotatable bonds is 4. The molecule has 1 N–H and O–H groups in total. The van der Waals surface area contributed by atoms with Crippen molar-refractivity contribution in [3.63, 3.8) is 0 Å². The van der Waals surface area contributed by atoms with Crippen molar-refractivity contribution in [2.24, 2.45) is 5.92 Å². The standard InChI is InChI=1S/C13H18N4O2/c1-8(2)5-9-6-11(16(3)4)17-12(15-9)10(7-14-17)13(18)19/h6-8H,5H2,1-4H3,(H,18,19). The third-order valence-corrected chi connectivity index (χ3v) is 2.81. The van der Waals surface area contributed by atoms with Crippen LogP contribution in [0.4, 0.5) is 5.82 Å². The van der Waals surface area contributed by atoms with E-state index in [-0.39, 0.29) is 5.56 Å². The molecule has 6 heteroatoms. The van der Waals surface area contributed by atoms with Crippen molar-refractivity contribution < 1.29 is 9.90 Å². The first kappa shape index (κ1) is 13.3. The van der Waals surface area contributed by atoms with Gasteiger partial charge in [-0.05, 0) is 12.3 Å². The van der Waals surface area contributed by atoms with E-state index in [0.717, 1.165) is 17.9 Å². The van der Waals surface area contributed by atoms with Gasteiger partial charge in [-0.2, -0.15) is 9.61 Å². The summed E-state index contributed by atoms with van der Waals surface area (Å²) < 4.78 is 1.56. The zero-order valence-corrected chi connectivity index (χ0v) is 11.6. The highest BCUT2D eigenvalue weighted by atomic mass is 16.4. The van der Waals surface area contributed by atoms with Gasteiger partial charge >= 0.3 is 5.97 Å². The molecule has 0 aliphatic carbocycles. The molecule has 0 radical (unpaired) electrons. The Morgan fingerprint density at radius 1 is 1.47 bits per heavy atom. The Labute approximate surface area is 111 Å². The van der Waals surface area contributed by atoms with Gasteiger partial charge in [0.05, 0.1) is 6.20 Å². The largest absolute Gasteiger partial charge is 0.477 e. The molecule has 2 aromatic heterocycles. The molecule has 0 saturated carbocycles. The Morgan fingerprint density at radius 3 is 2.68 bits per heavy atom. The molecule has 0 bridgehead atoms. The maximum Gasteiger partial charge on any atom is 0.341 e. The number of carboxylic acid groups (broad SMARTS) is 1. The summed E-state index contributed by atoms with van der Waals surface area (Å²) in [4.78, 5) is 17.5. The van der Waals surface area contributed by atoms with E-state index >= 15 is 0 Å². The molecule has 102 valence electrons. The van der Waals surface area contributed by atoms with Gasteiger partial charge in [0.2, 0.25) is 0 Å². The number of carbonyl (C=O) groups is 1. The van der Waals surface area contributed by atoms with Gasteiger partial charge in [0, 0.05) is 25.9 Å². The van der Waals surface area contributed by atoms with Gasteiger partial charge in [-0.3, -0.25) is 0 Å². The lowest BCUT2D eigenvalue weighted by molar-refractivity contribution is 0.0699. The van der Waals surface area contributed by atoms with E-state index in [0.29, 0.717) is 11.6 Å². The average molecular weight is 262 g/mol. The first-order valence-electron chi connectivity index (χ1n) is 6.18. The summed E-state index contributed by atoms with van der Waals surface area (Å²) in [6.45, 7) is 4.21. The summed E-state index contributed by atoms with van der Waals surface area (Å²) in [5, 5.41) is 13.3. The van der Waals surface area contributed by atoms with Gasteiger partial charge in [0.1, 0.15) is 11.4 Å². The average Bonchev–Trinajstić information content (AvgIpc) is 2.70. The van der Waals surface area contributed by atoms with Crippen LogP contribution < -0.4 is 4.90 Å². The molecule has 6 nitrogen and oxygen atoms in total. The van der Waals surface area contributed by atoms with Crippen LogP contribution in [0.3, 0.4) is 0 Å². The van der Waals surface area contributed by atoms with Gasteiger partial charge < -0.3 is 10.0 Å². The van der Waals surface area contributed by atoms with E-state index in [9.17, 15) is 4.79 Å². The number of fused-ring (bicyclic) bond motifs is 1. The van der Waals surface area contributed by atoms with Gasteiger partial charge in [0.15, 0.2) is 5.65 Å². The molecule has 19 heavy (non-hydrogen) atoms. The molecule has 0 fully saturated rings. The predicted molar refractivity (Wildman–Crippen MR) is 72.8 cm³/mol. The molecule has 0 atom stereocenters. The molecule has 0 unspecified atom stereocenters. The van der Waals surface area contributed by atoms with E-state index in [2.05, 4.69) is 23.9 Å². The van der Waals surface area contributed by atoms with Crippen molar-refractivity contribution in [3.05, 3.63) is 23.5 Å². The van der Waals surface area contributed by atoms with Crippen molar-refractivity contribution in [3.8, 4) is 0 Å². The second kappa shape index (κ2) is 4.87. The monoisotopic (exact) mass is 262 g/mol. The lowest BCUT2D eigenvalue weighted by Crippen LogP contribution is -2.16. The Kier molecular flexibility index (Phi) is 3.42. The molecule has 0 spiro atoms. The van der Waals surface area contributed by atoms with Crippen molar-refractivity contribution in [2.45, 2.75) is 20.3 Å². The molecule has 2 heterocycles. The van der Waals surface area contributed by atoms with E-state index in [1.54, 1.807) is 4.52 Å². The minimum Gasteiger partial charge on any atom is -0.477 e. The number of anilines is 1. The lowest BCUT2D eigenvalue weighted by atomic mass is 10.1. The summed E-state index contributed by atoms with van der Waals surface area (Å²) in [6, 6.07) is 1.95. The smallest absolute Gasteiger partial charge is 0.341 e. The number of aromatic nitrogens is 3. The Bertz CT molecular complexity index is 616. The van der Waals surface area contributed by atoms with Gasteiger partial charge in [0.25, 0.3) is 0 Å². The van der Waals surface area contributed by atoms with E-state index in [4.69, 9.17) is 5.11 Å². The number of nitrogens with zero attached hydrogens (tertiary/aromatic N) is 4. The highest BCUT2D eigenvalue weighted by Gasteiger charge is 2.17. The number of hydrogen-bond acceptors (Lipinski definition) is 4. The van der Waals surface area contributed by atoms with Gasteiger partial charge in [-0.15, -0.1) is 0 Å². The highest BCUT2D eigenvalue weighted by molar-refractivity contribution is 5.94. The molecular formula is C13H18N4O2. The number of hydrogen-bond donors (Lipinski definition) is 1.